The Kier molecular flexibility index (Phi) is 5.07. The first-order chi connectivity index (χ1) is 13.7. The molecule has 3 heterocycles. The molecule has 1 aliphatic carbocycles. The predicted molar refractivity (Wildman–Crippen MR) is 114 cm³/mol. The van der Waals surface area contributed by atoms with Crippen molar-refractivity contribution in [2.45, 2.75) is 25.3 Å². The van der Waals surface area contributed by atoms with Crippen LogP contribution in [0.15, 0.2) is 35.7 Å². The molecule has 1 aromatic heterocycles. The van der Waals surface area contributed by atoms with E-state index >= 15 is 0 Å². The van der Waals surface area contributed by atoms with Crippen molar-refractivity contribution >= 4 is 34.5 Å². The second kappa shape index (κ2) is 7.69. The Morgan fingerprint density at radius 3 is 2.68 bits per heavy atom. The Morgan fingerprint density at radius 2 is 1.93 bits per heavy atom. The van der Waals surface area contributed by atoms with Crippen molar-refractivity contribution in [1.82, 2.24) is 4.90 Å². The van der Waals surface area contributed by atoms with Gasteiger partial charge in [0.2, 0.25) is 0 Å². The van der Waals surface area contributed by atoms with E-state index in [0.717, 1.165) is 55.8 Å². The molecule has 0 bridgehead atoms. The van der Waals surface area contributed by atoms with Crippen LogP contribution in [0.5, 0.6) is 0 Å². The van der Waals surface area contributed by atoms with Gasteiger partial charge in [-0.2, -0.15) is 0 Å². The molecule has 148 valence electrons. The number of thiophene rings is 1. The number of halogens is 1. The van der Waals surface area contributed by atoms with E-state index in [0.29, 0.717) is 18.5 Å². The fourth-order valence-corrected chi connectivity index (χ4v) is 6.09. The van der Waals surface area contributed by atoms with Crippen LogP contribution >= 0.6 is 22.9 Å². The molecule has 5 rings (SSSR count). The van der Waals surface area contributed by atoms with E-state index < -0.39 is 0 Å². The van der Waals surface area contributed by atoms with E-state index in [1.807, 2.05) is 29.5 Å². The highest BCUT2D eigenvalue weighted by atomic mass is 35.5. The molecule has 3 aliphatic rings. The Balaban J connectivity index is 1.22. The van der Waals surface area contributed by atoms with Crippen LogP contribution in [0.1, 0.15) is 29.3 Å². The van der Waals surface area contributed by atoms with E-state index in [9.17, 15) is 4.79 Å². The van der Waals surface area contributed by atoms with Crippen LogP contribution in [0.3, 0.4) is 0 Å². The molecule has 4 nitrogen and oxygen atoms in total. The summed E-state index contributed by atoms with van der Waals surface area (Å²) >= 11 is 8.24. The summed E-state index contributed by atoms with van der Waals surface area (Å²) in [4.78, 5) is 20.5. The molecular weight excluding hydrogens is 390 g/mol. The predicted octanol–water partition coefficient (Wildman–Crippen LogP) is 2.64. The van der Waals surface area contributed by atoms with E-state index in [1.165, 1.54) is 23.3 Å². The maximum absolute atomic E-state index is 13.1. The van der Waals surface area contributed by atoms with E-state index in [4.69, 9.17) is 11.6 Å². The number of hydrogen-bond donors (Lipinski definition) is 1. The van der Waals surface area contributed by atoms with Crippen molar-refractivity contribution in [3.63, 3.8) is 0 Å². The molecule has 28 heavy (non-hydrogen) atoms. The smallest absolute Gasteiger partial charge is 0.277 e. The summed E-state index contributed by atoms with van der Waals surface area (Å²) in [5.74, 6) is 1.10. The number of carbonyl (C=O) groups excluding carboxylic acids is 1. The largest absolute Gasteiger partial charge is 0.367 e. The molecule has 2 aliphatic heterocycles. The number of quaternary nitrogens is 1. The number of para-hydroxylation sites is 1. The second-order valence-electron chi connectivity index (χ2n) is 8.27. The average Bonchev–Trinajstić information content (AvgIpc) is 3.44. The molecule has 6 heteroatoms. The first kappa shape index (κ1) is 18.5. The first-order valence-electron chi connectivity index (χ1n) is 10.4. The SMILES string of the molecule is O=C(C[NH+]1CCc2sccc2[C@@H]1C1CC1)N1CCN(c2ccccc2Cl)CC1. The summed E-state index contributed by atoms with van der Waals surface area (Å²) in [7, 11) is 0. The van der Waals surface area contributed by atoms with Gasteiger partial charge in [0.1, 0.15) is 6.04 Å². The van der Waals surface area contributed by atoms with Crippen molar-refractivity contribution in [3.05, 3.63) is 51.2 Å². The lowest BCUT2D eigenvalue weighted by molar-refractivity contribution is -0.929. The van der Waals surface area contributed by atoms with E-state index in [-0.39, 0.29) is 0 Å². The van der Waals surface area contributed by atoms with Gasteiger partial charge < -0.3 is 14.7 Å². The van der Waals surface area contributed by atoms with Crippen LogP contribution < -0.4 is 9.80 Å². The highest BCUT2D eigenvalue weighted by Crippen LogP contribution is 2.42. The molecule has 1 unspecified atom stereocenters. The normalized spacial score (nSPS) is 24.9. The zero-order valence-corrected chi connectivity index (χ0v) is 17.6. The minimum atomic E-state index is 0.318. The van der Waals surface area contributed by atoms with Gasteiger partial charge in [-0.15, -0.1) is 11.3 Å². The number of benzene rings is 1. The zero-order valence-electron chi connectivity index (χ0n) is 16.1. The lowest BCUT2D eigenvalue weighted by Gasteiger charge is -2.38. The van der Waals surface area contributed by atoms with Gasteiger partial charge >= 0.3 is 0 Å². The monoisotopic (exact) mass is 416 g/mol. The lowest BCUT2D eigenvalue weighted by Crippen LogP contribution is -3.14. The van der Waals surface area contributed by atoms with E-state index in [2.05, 4.69) is 27.3 Å². The fourth-order valence-electron chi connectivity index (χ4n) is 4.91. The summed E-state index contributed by atoms with van der Waals surface area (Å²) in [6, 6.07) is 10.8. The van der Waals surface area contributed by atoms with Crippen molar-refractivity contribution in [3.8, 4) is 0 Å². The Hall–Kier alpha value is -1.56. The summed E-state index contributed by atoms with van der Waals surface area (Å²) in [6.07, 6.45) is 3.78. The van der Waals surface area contributed by atoms with Gasteiger partial charge in [-0.3, -0.25) is 4.79 Å². The highest BCUT2D eigenvalue weighted by molar-refractivity contribution is 7.10. The van der Waals surface area contributed by atoms with Crippen molar-refractivity contribution < 1.29 is 9.69 Å². The van der Waals surface area contributed by atoms with Crippen LogP contribution in [0.4, 0.5) is 5.69 Å². The number of fused-ring (bicyclic) bond motifs is 1. The number of carbonyl (C=O) groups is 1. The van der Waals surface area contributed by atoms with Gasteiger partial charge in [-0.1, -0.05) is 23.7 Å². The summed E-state index contributed by atoms with van der Waals surface area (Å²) < 4.78 is 0. The van der Waals surface area contributed by atoms with Gasteiger partial charge in [0.25, 0.3) is 5.91 Å². The van der Waals surface area contributed by atoms with Crippen LogP contribution in [0.25, 0.3) is 0 Å². The number of amides is 1. The number of nitrogens with one attached hydrogen (secondary N) is 1. The first-order valence-corrected chi connectivity index (χ1v) is 11.6. The molecule has 0 spiro atoms. The topological polar surface area (TPSA) is 28.0 Å². The third-order valence-electron chi connectivity index (χ3n) is 6.53. The molecule has 2 fully saturated rings. The van der Waals surface area contributed by atoms with Crippen LogP contribution in [-0.4, -0.2) is 50.1 Å². The van der Waals surface area contributed by atoms with Gasteiger partial charge in [0.05, 0.1) is 17.3 Å². The van der Waals surface area contributed by atoms with E-state index in [1.54, 1.807) is 4.88 Å². The number of anilines is 1. The lowest BCUT2D eigenvalue weighted by atomic mass is 9.96. The van der Waals surface area contributed by atoms with Crippen LogP contribution in [-0.2, 0) is 11.2 Å². The standard InChI is InChI=1S/C22H26ClN3OS/c23-18-3-1-2-4-19(18)24-10-12-25(13-11-24)21(27)15-26-9-7-20-17(8-14-28-20)22(26)16-5-6-16/h1-4,8,14,16,22H,5-7,9-13,15H2/p+1/t22-/m0/s1. The minimum Gasteiger partial charge on any atom is -0.367 e. The van der Waals surface area contributed by atoms with Crippen molar-refractivity contribution in [2.75, 3.05) is 44.2 Å². The second-order valence-corrected chi connectivity index (χ2v) is 9.68. The average molecular weight is 417 g/mol. The highest BCUT2D eigenvalue weighted by Gasteiger charge is 2.44. The maximum Gasteiger partial charge on any atom is 0.277 e. The Morgan fingerprint density at radius 1 is 1.14 bits per heavy atom. The molecule has 1 aromatic carbocycles. The van der Waals surface area contributed by atoms with Gasteiger partial charge in [0, 0.05) is 49.0 Å². The maximum atomic E-state index is 13.1. The molecule has 2 aromatic rings. The molecule has 1 N–H and O–H groups in total. The number of piperazine rings is 1. The molecule has 1 saturated heterocycles. The summed E-state index contributed by atoms with van der Waals surface area (Å²) in [5.41, 5.74) is 2.61. The fraction of sp³-hybridized carbons (Fsp3) is 0.500. The summed E-state index contributed by atoms with van der Waals surface area (Å²) in [5, 5.41) is 3.03. The molecule has 2 atom stereocenters. The van der Waals surface area contributed by atoms with Gasteiger partial charge in [-0.25, -0.2) is 0 Å². The quantitative estimate of drug-likeness (QED) is 0.829. The van der Waals surface area contributed by atoms with Gasteiger partial charge in [0.15, 0.2) is 6.54 Å². The zero-order chi connectivity index (χ0) is 19.1. The molecule has 1 saturated carbocycles. The van der Waals surface area contributed by atoms with Crippen molar-refractivity contribution in [1.29, 1.82) is 0 Å². The number of hydrogen-bond acceptors (Lipinski definition) is 3. The minimum absolute atomic E-state index is 0.318. The molecule has 0 radical (unpaired) electrons. The third-order valence-corrected chi connectivity index (χ3v) is 7.84. The number of rotatable bonds is 4. The summed E-state index contributed by atoms with van der Waals surface area (Å²) in [6.45, 7) is 5.02. The van der Waals surface area contributed by atoms with Crippen molar-refractivity contribution in [2.24, 2.45) is 5.92 Å². The molecule has 1 amide bonds. The third kappa shape index (κ3) is 3.56. The Bertz CT molecular complexity index is 857. The number of nitrogens with zero attached hydrogens (tertiary/aromatic N) is 2. The van der Waals surface area contributed by atoms with Gasteiger partial charge in [-0.05, 0) is 36.4 Å². The van der Waals surface area contributed by atoms with Crippen LogP contribution in [0.2, 0.25) is 5.02 Å². The molecular formula is C22H27ClN3OS+. The Labute approximate surface area is 175 Å². The van der Waals surface area contributed by atoms with Crippen LogP contribution in [0, 0.1) is 5.92 Å².